The van der Waals surface area contributed by atoms with Crippen LogP contribution in [0.4, 0.5) is 15.8 Å². The van der Waals surface area contributed by atoms with Gasteiger partial charge in [0, 0.05) is 27.1 Å². The van der Waals surface area contributed by atoms with Gasteiger partial charge in [0.25, 0.3) is 10.0 Å². The van der Waals surface area contributed by atoms with Gasteiger partial charge in [-0.05, 0) is 49.2 Å². The van der Waals surface area contributed by atoms with Crippen molar-refractivity contribution in [1.29, 1.82) is 0 Å². The van der Waals surface area contributed by atoms with E-state index >= 15 is 0 Å². The molecule has 1 heterocycles. The first-order valence-electron chi connectivity index (χ1n) is 8.84. The van der Waals surface area contributed by atoms with E-state index in [0.717, 1.165) is 17.7 Å². The van der Waals surface area contributed by atoms with Crippen LogP contribution in [0.3, 0.4) is 0 Å². The van der Waals surface area contributed by atoms with Gasteiger partial charge in [-0.15, -0.1) is 11.8 Å². The molecule has 1 N–H and O–H groups in total. The largest absolute Gasteiger partial charge is 0.310 e. The maximum atomic E-state index is 14.1. The van der Waals surface area contributed by atoms with Crippen LogP contribution < -0.4 is 9.62 Å². The van der Waals surface area contributed by atoms with Crippen LogP contribution in [0.15, 0.2) is 50.7 Å². The van der Waals surface area contributed by atoms with Crippen molar-refractivity contribution in [3.05, 3.63) is 46.7 Å². The minimum absolute atomic E-state index is 0.00248. The molecule has 1 aliphatic carbocycles. The Kier molecular flexibility index (Phi) is 5.18. The van der Waals surface area contributed by atoms with Crippen LogP contribution in [0, 0.1) is 11.7 Å². The average Bonchev–Trinajstić information content (AvgIpc) is 3.47. The lowest BCUT2D eigenvalue weighted by molar-refractivity contribution is -0.119. The normalized spacial score (nSPS) is 19.2. The molecular formula is C19H18BrFN2O3S2. The third kappa shape index (κ3) is 3.92. The minimum Gasteiger partial charge on any atom is -0.310 e. The van der Waals surface area contributed by atoms with Crippen LogP contribution in [-0.4, -0.2) is 26.1 Å². The Labute approximate surface area is 175 Å². The number of anilines is 2. The molecule has 2 aromatic carbocycles. The first kappa shape index (κ1) is 19.7. The van der Waals surface area contributed by atoms with E-state index in [1.807, 2.05) is 6.92 Å². The Hall–Kier alpha value is -1.58. The number of benzene rings is 2. The number of rotatable bonds is 4. The quantitative estimate of drug-likeness (QED) is 0.686. The summed E-state index contributed by atoms with van der Waals surface area (Å²) in [4.78, 5) is 15.3. The number of sulfonamides is 1. The van der Waals surface area contributed by atoms with Crippen molar-refractivity contribution < 1.29 is 17.6 Å². The van der Waals surface area contributed by atoms with Gasteiger partial charge in [0.15, 0.2) is 0 Å². The van der Waals surface area contributed by atoms with Crippen LogP contribution in [0.5, 0.6) is 0 Å². The molecule has 2 aromatic rings. The molecule has 0 radical (unpaired) electrons. The lowest BCUT2D eigenvalue weighted by Gasteiger charge is -2.33. The maximum absolute atomic E-state index is 14.1. The molecule has 1 saturated carbocycles. The zero-order valence-electron chi connectivity index (χ0n) is 15.0. The predicted octanol–water partition coefficient (Wildman–Crippen LogP) is 4.63. The third-order valence-corrected chi connectivity index (χ3v) is 7.67. The van der Waals surface area contributed by atoms with Crippen molar-refractivity contribution >= 4 is 55.0 Å². The second kappa shape index (κ2) is 7.35. The Balaban J connectivity index is 1.68. The van der Waals surface area contributed by atoms with Gasteiger partial charge in [-0.1, -0.05) is 22.9 Å². The molecule has 1 unspecified atom stereocenters. The van der Waals surface area contributed by atoms with Crippen LogP contribution in [-0.2, 0) is 14.8 Å². The summed E-state index contributed by atoms with van der Waals surface area (Å²) < 4.78 is 42.5. The Morgan fingerprint density at radius 1 is 1.25 bits per heavy atom. The molecule has 9 heteroatoms. The molecule has 0 saturated heterocycles. The minimum atomic E-state index is -4.00. The molecule has 0 spiro atoms. The van der Waals surface area contributed by atoms with E-state index in [1.54, 1.807) is 28.8 Å². The second-order valence-electron chi connectivity index (χ2n) is 7.01. The monoisotopic (exact) mass is 484 g/mol. The summed E-state index contributed by atoms with van der Waals surface area (Å²) in [5, 5.41) is 0.229. The molecule has 1 fully saturated rings. The highest BCUT2D eigenvalue weighted by molar-refractivity contribution is 9.10. The maximum Gasteiger partial charge on any atom is 0.262 e. The topological polar surface area (TPSA) is 66.5 Å². The predicted molar refractivity (Wildman–Crippen MR) is 112 cm³/mol. The molecule has 0 aromatic heterocycles. The van der Waals surface area contributed by atoms with Crippen molar-refractivity contribution in [1.82, 2.24) is 0 Å². The van der Waals surface area contributed by atoms with Crippen molar-refractivity contribution in [2.24, 2.45) is 5.92 Å². The van der Waals surface area contributed by atoms with Gasteiger partial charge >= 0.3 is 0 Å². The number of fused-ring (bicyclic) bond motifs is 1. The number of hydrogen-bond acceptors (Lipinski definition) is 4. The van der Waals surface area contributed by atoms with Gasteiger partial charge < -0.3 is 4.90 Å². The smallest absolute Gasteiger partial charge is 0.262 e. The SMILES string of the molecule is CC1CN(C(=O)C2CC2)c2cc(S(=O)(=O)Nc3ccc(Br)cc3F)ccc2S1. The van der Waals surface area contributed by atoms with Crippen LogP contribution >= 0.6 is 27.7 Å². The summed E-state index contributed by atoms with van der Waals surface area (Å²) >= 11 is 4.76. The highest BCUT2D eigenvalue weighted by atomic mass is 79.9. The van der Waals surface area contributed by atoms with Crippen molar-refractivity contribution in [3.63, 3.8) is 0 Å². The zero-order valence-corrected chi connectivity index (χ0v) is 18.2. The van der Waals surface area contributed by atoms with E-state index in [-0.39, 0.29) is 27.7 Å². The zero-order chi connectivity index (χ0) is 20.1. The van der Waals surface area contributed by atoms with Gasteiger partial charge in [-0.2, -0.15) is 0 Å². The Morgan fingerprint density at radius 2 is 2.00 bits per heavy atom. The van der Waals surface area contributed by atoms with Crippen molar-refractivity contribution in [3.8, 4) is 0 Å². The number of nitrogens with zero attached hydrogens (tertiary/aromatic N) is 1. The summed E-state index contributed by atoms with van der Waals surface area (Å²) in [6.07, 6.45) is 1.77. The highest BCUT2D eigenvalue weighted by Crippen LogP contribution is 2.42. The summed E-state index contributed by atoms with van der Waals surface area (Å²) in [5.41, 5.74) is 0.481. The summed E-state index contributed by atoms with van der Waals surface area (Å²) in [5.74, 6) is -0.584. The second-order valence-corrected chi connectivity index (χ2v) is 11.1. The fraction of sp³-hybridized carbons (Fsp3) is 0.316. The molecule has 148 valence electrons. The first-order chi connectivity index (χ1) is 13.2. The van der Waals surface area contributed by atoms with Crippen LogP contribution in [0.1, 0.15) is 19.8 Å². The van der Waals surface area contributed by atoms with Gasteiger partial charge in [0.1, 0.15) is 5.82 Å². The van der Waals surface area contributed by atoms with Gasteiger partial charge in [-0.3, -0.25) is 9.52 Å². The highest BCUT2D eigenvalue weighted by Gasteiger charge is 2.37. The van der Waals surface area contributed by atoms with E-state index < -0.39 is 15.8 Å². The molecule has 1 amide bonds. The fourth-order valence-corrected chi connectivity index (χ4v) is 5.63. The molecule has 2 aliphatic rings. The molecule has 1 aliphatic heterocycles. The lowest BCUT2D eigenvalue weighted by Crippen LogP contribution is -2.39. The van der Waals surface area contributed by atoms with E-state index in [9.17, 15) is 17.6 Å². The molecule has 1 atom stereocenters. The third-order valence-electron chi connectivity index (χ3n) is 4.67. The van der Waals surface area contributed by atoms with Crippen LogP contribution in [0.25, 0.3) is 0 Å². The van der Waals surface area contributed by atoms with E-state index in [1.165, 1.54) is 24.3 Å². The summed E-state index contributed by atoms with van der Waals surface area (Å²) in [6, 6.07) is 8.82. The number of thioether (sulfide) groups is 1. The molecule has 28 heavy (non-hydrogen) atoms. The summed E-state index contributed by atoms with van der Waals surface area (Å²) in [6.45, 7) is 2.59. The van der Waals surface area contributed by atoms with Gasteiger partial charge in [0.05, 0.1) is 16.3 Å². The number of nitrogens with one attached hydrogen (secondary N) is 1. The van der Waals surface area contributed by atoms with Crippen molar-refractivity contribution in [2.75, 3.05) is 16.2 Å². The Bertz CT molecular complexity index is 1060. The van der Waals surface area contributed by atoms with Crippen molar-refractivity contribution in [2.45, 2.75) is 34.8 Å². The van der Waals surface area contributed by atoms with E-state index in [4.69, 9.17) is 0 Å². The molecule has 4 rings (SSSR count). The number of carbonyl (C=O) groups excluding carboxylic acids is 1. The molecular weight excluding hydrogens is 467 g/mol. The fourth-order valence-electron chi connectivity index (χ4n) is 3.12. The lowest BCUT2D eigenvalue weighted by atomic mass is 10.2. The van der Waals surface area contributed by atoms with E-state index in [2.05, 4.69) is 20.7 Å². The Morgan fingerprint density at radius 3 is 2.68 bits per heavy atom. The number of amides is 1. The number of hydrogen-bond donors (Lipinski definition) is 1. The van der Waals surface area contributed by atoms with Gasteiger partial charge in [-0.25, -0.2) is 12.8 Å². The molecule has 0 bridgehead atoms. The van der Waals surface area contributed by atoms with E-state index in [0.29, 0.717) is 16.7 Å². The standard InChI is InChI=1S/C19H18BrFN2O3S2/c1-11-10-23(19(24)12-2-3-12)17-9-14(5-7-18(17)27-11)28(25,26)22-16-6-4-13(20)8-15(16)21/h4-9,11-12,22H,2-3,10H2,1H3. The summed E-state index contributed by atoms with van der Waals surface area (Å²) in [7, 11) is -4.00. The van der Waals surface area contributed by atoms with Gasteiger partial charge in [0.2, 0.25) is 5.91 Å². The first-order valence-corrected chi connectivity index (χ1v) is 12.0. The average molecular weight is 485 g/mol. The number of halogens is 2. The van der Waals surface area contributed by atoms with Crippen LogP contribution in [0.2, 0.25) is 0 Å². The number of carbonyl (C=O) groups is 1. The molecule has 5 nitrogen and oxygen atoms in total.